The monoisotopic (exact) mass is 513 g/mol. The molecular formula is C18H17F5IN3O. The summed E-state index contributed by atoms with van der Waals surface area (Å²) in [5, 5.41) is 2.97. The molecule has 1 heterocycles. The number of hydrogen-bond donors (Lipinski definition) is 2. The van der Waals surface area contributed by atoms with E-state index in [1.54, 1.807) is 0 Å². The number of aliphatic imine (C=N–C) groups is 1. The summed E-state index contributed by atoms with van der Waals surface area (Å²) in [7, 11) is 0. The van der Waals surface area contributed by atoms with Crippen LogP contribution in [0.3, 0.4) is 0 Å². The number of nitrogens with zero attached hydrogens (tertiary/aromatic N) is 1. The Bertz CT molecular complexity index is 873. The molecule has 2 aromatic rings. The summed E-state index contributed by atoms with van der Waals surface area (Å²) in [6.45, 7) is 0.0747. The first kappa shape index (κ1) is 22.2. The summed E-state index contributed by atoms with van der Waals surface area (Å²) in [5.41, 5.74) is 4.71. The predicted octanol–water partition coefficient (Wildman–Crippen LogP) is 4.53. The number of benzene rings is 2. The molecule has 0 bridgehead atoms. The van der Waals surface area contributed by atoms with Crippen LogP contribution in [-0.4, -0.2) is 12.6 Å². The van der Waals surface area contributed by atoms with Crippen LogP contribution >= 0.6 is 24.0 Å². The van der Waals surface area contributed by atoms with Crippen molar-refractivity contribution in [2.24, 2.45) is 10.7 Å². The highest BCUT2D eigenvalue weighted by Gasteiger charge is 2.35. The Morgan fingerprint density at radius 1 is 1.18 bits per heavy atom. The van der Waals surface area contributed by atoms with Gasteiger partial charge in [0, 0.05) is 17.5 Å². The van der Waals surface area contributed by atoms with E-state index in [0.29, 0.717) is 24.8 Å². The second-order valence-electron chi connectivity index (χ2n) is 5.99. The second kappa shape index (κ2) is 8.93. The van der Waals surface area contributed by atoms with E-state index in [1.807, 2.05) is 24.3 Å². The van der Waals surface area contributed by atoms with Crippen LogP contribution in [0.15, 0.2) is 41.4 Å². The average Bonchev–Trinajstić information content (AvgIpc) is 2.61. The smallest absolute Gasteiger partial charge is 0.419 e. The molecule has 0 fully saturated rings. The molecule has 1 atom stereocenters. The molecule has 0 aromatic heterocycles. The van der Waals surface area contributed by atoms with Crippen LogP contribution in [0.1, 0.15) is 29.2 Å². The van der Waals surface area contributed by atoms with Gasteiger partial charge in [-0.05, 0) is 18.2 Å². The summed E-state index contributed by atoms with van der Waals surface area (Å²) >= 11 is 0. The number of nitrogens with one attached hydrogen (secondary N) is 1. The summed E-state index contributed by atoms with van der Waals surface area (Å²) in [6, 6.07) is 7.79. The average molecular weight is 513 g/mol. The lowest BCUT2D eigenvalue weighted by molar-refractivity contribution is -0.140. The van der Waals surface area contributed by atoms with Gasteiger partial charge in [0.2, 0.25) is 0 Å². The lowest BCUT2D eigenvalue weighted by atomic mass is 10.0. The SMILES string of the molecule is I.NC(=NCc1cc(F)c(C(F)(F)F)cc1F)NC1CCOc2ccccc21. The maximum atomic E-state index is 13.9. The fraction of sp³-hybridized carbons (Fsp3) is 0.278. The minimum absolute atomic E-state index is 0. The Kier molecular flexibility index (Phi) is 7.07. The number of ether oxygens (including phenoxy) is 1. The number of nitrogens with two attached hydrogens (primary N) is 1. The Hall–Kier alpha value is -2.11. The Morgan fingerprint density at radius 3 is 2.61 bits per heavy atom. The Morgan fingerprint density at radius 2 is 1.89 bits per heavy atom. The van der Waals surface area contributed by atoms with Gasteiger partial charge < -0.3 is 15.8 Å². The van der Waals surface area contributed by atoms with E-state index in [2.05, 4.69) is 10.3 Å². The molecule has 0 aliphatic carbocycles. The Balaban J connectivity index is 0.00000280. The molecule has 4 nitrogen and oxygen atoms in total. The van der Waals surface area contributed by atoms with Gasteiger partial charge in [0.1, 0.15) is 17.4 Å². The zero-order valence-corrected chi connectivity index (χ0v) is 16.7. The molecule has 1 unspecified atom stereocenters. The van der Waals surface area contributed by atoms with Gasteiger partial charge in [-0.2, -0.15) is 13.2 Å². The van der Waals surface area contributed by atoms with Crippen molar-refractivity contribution in [2.75, 3.05) is 6.61 Å². The minimum atomic E-state index is -4.97. The van der Waals surface area contributed by atoms with Crippen molar-refractivity contribution < 1.29 is 26.7 Å². The molecule has 0 spiro atoms. The van der Waals surface area contributed by atoms with Crippen LogP contribution in [-0.2, 0) is 12.7 Å². The molecule has 0 saturated heterocycles. The first-order valence-electron chi connectivity index (χ1n) is 8.09. The number of fused-ring (bicyclic) bond motifs is 1. The van der Waals surface area contributed by atoms with Gasteiger partial charge in [-0.3, -0.25) is 0 Å². The van der Waals surface area contributed by atoms with Crippen LogP contribution in [0.25, 0.3) is 0 Å². The van der Waals surface area contributed by atoms with Crippen LogP contribution in [0, 0.1) is 11.6 Å². The molecule has 0 amide bonds. The van der Waals surface area contributed by atoms with E-state index >= 15 is 0 Å². The zero-order valence-electron chi connectivity index (χ0n) is 14.4. The lowest BCUT2D eigenvalue weighted by Gasteiger charge is -2.26. The molecule has 2 aromatic carbocycles. The number of alkyl halides is 3. The van der Waals surface area contributed by atoms with E-state index in [0.717, 1.165) is 5.56 Å². The van der Waals surface area contributed by atoms with Crippen molar-refractivity contribution in [2.45, 2.75) is 25.2 Å². The highest BCUT2D eigenvalue weighted by atomic mass is 127. The van der Waals surface area contributed by atoms with Gasteiger partial charge in [-0.25, -0.2) is 13.8 Å². The standard InChI is InChI=1S/C18H16F5N3O.HI/c19-13-8-12(18(21,22)23)14(20)7-10(13)9-25-17(24)26-15-5-6-27-16-4-2-1-3-11(15)16;/h1-4,7-8,15H,5-6,9H2,(H3,24,25,26);1H. The summed E-state index contributed by atoms with van der Waals surface area (Å²) in [4.78, 5) is 3.91. The molecule has 3 N–H and O–H groups in total. The van der Waals surface area contributed by atoms with E-state index in [1.165, 1.54) is 0 Å². The van der Waals surface area contributed by atoms with Crippen molar-refractivity contribution in [3.63, 3.8) is 0 Å². The first-order chi connectivity index (χ1) is 12.8. The molecule has 0 saturated carbocycles. The van der Waals surface area contributed by atoms with Crippen molar-refractivity contribution in [1.82, 2.24) is 5.32 Å². The molecule has 3 rings (SSSR count). The Labute approximate surface area is 175 Å². The third-order valence-corrected chi connectivity index (χ3v) is 4.14. The van der Waals surface area contributed by atoms with Crippen molar-refractivity contribution in [3.8, 4) is 5.75 Å². The van der Waals surface area contributed by atoms with Gasteiger partial charge in [-0.15, -0.1) is 24.0 Å². The third kappa shape index (κ3) is 5.03. The summed E-state index contributed by atoms with van der Waals surface area (Å²) in [6.07, 6.45) is -4.35. The maximum absolute atomic E-state index is 13.9. The van der Waals surface area contributed by atoms with E-state index in [4.69, 9.17) is 10.5 Å². The maximum Gasteiger partial charge on any atom is 0.419 e. The third-order valence-electron chi connectivity index (χ3n) is 4.14. The van der Waals surface area contributed by atoms with E-state index < -0.39 is 29.9 Å². The van der Waals surface area contributed by atoms with Crippen molar-refractivity contribution in [3.05, 3.63) is 64.7 Å². The van der Waals surface area contributed by atoms with Gasteiger partial charge >= 0.3 is 6.18 Å². The fourth-order valence-corrected chi connectivity index (χ4v) is 2.81. The molecule has 28 heavy (non-hydrogen) atoms. The van der Waals surface area contributed by atoms with E-state index in [9.17, 15) is 22.0 Å². The fourth-order valence-electron chi connectivity index (χ4n) is 2.81. The van der Waals surface area contributed by atoms with E-state index in [-0.39, 0.29) is 47.6 Å². The number of halogens is 6. The molecule has 1 aliphatic rings. The number of guanidine groups is 1. The summed E-state index contributed by atoms with van der Waals surface area (Å²) < 4.78 is 70.7. The number of rotatable bonds is 3. The number of para-hydroxylation sites is 1. The first-order valence-corrected chi connectivity index (χ1v) is 8.09. The highest BCUT2D eigenvalue weighted by molar-refractivity contribution is 14.0. The molecule has 1 aliphatic heterocycles. The number of hydrogen-bond acceptors (Lipinski definition) is 2. The van der Waals surface area contributed by atoms with Crippen molar-refractivity contribution in [1.29, 1.82) is 0 Å². The van der Waals surface area contributed by atoms with Gasteiger partial charge in [0.05, 0.1) is 24.8 Å². The minimum Gasteiger partial charge on any atom is -0.493 e. The molecule has 0 radical (unpaired) electrons. The zero-order chi connectivity index (χ0) is 19.6. The van der Waals surface area contributed by atoms with Crippen LogP contribution in [0.2, 0.25) is 0 Å². The van der Waals surface area contributed by atoms with Crippen LogP contribution < -0.4 is 15.8 Å². The molecular weight excluding hydrogens is 496 g/mol. The van der Waals surface area contributed by atoms with Gasteiger partial charge in [0.25, 0.3) is 0 Å². The van der Waals surface area contributed by atoms with Crippen LogP contribution in [0.4, 0.5) is 22.0 Å². The summed E-state index contributed by atoms with van der Waals surface area (Å²) in [5.74, 6) is -2.07. The van der Waals surface area contributed by atoms with Gasteiger partial charge in [0.15, 0.2) is 5.96 Å². The topological polar surface area (TPSA) is 59.6 Å². The highest BCUT2D eigenvalue weighted by Crippen LogP contribution is 2.33. The quantitative estimate of drug-likeness (QED) is 0.275. The lowest BCUT2D eigenvalue weighted by Crippen LogP contribution is -2.37. The molecule has 152 valence electrons. The molecule has 10 heteroatoms. The predicted molar refractivity (Wildman–Crippen MR) is 105 cm³/mol. The van der Waals surface area contributed by atoms with Crippen LogP contribution in [0.5, 0.6) is 5.75 Å². The normalized spacial score (nSPS) is 16.6. The van der Waals surface area contributed by atoms with Crippen molar-refractivity contribution >= 4 is 29.9 Å². The van der Waals surface area contributed by atoms with Gasteiger partial charge in [-0.1, -0.05) is 18.2 Å². The largest absolute Gasteiger partial charge is 0.493 e. The second-order valence-corrected chi connectivity index (χ2v) is 5.99.